The fourth-order valence-corrected chi connectivity index (χ4v) is 2.85. The smallest absolute Gasteiger partial charge is 0.0635 e. The van der Waals surface area contributed by atoms with Gasteiger partial charge in [0.15, 0.2) is 0 Å². The summed E-state index contributed by atoms with van der Waals surface area (Å²) in [4.78, 5) is 2.39. The molecule has 3 nitrogen and oxygen atoms in total. The summed E-state index contributed by atoms with van der Waals surface area (Å²) in [6.45, 7) is 10.4. The minimum atomic E-state index is 0.0866. The first-order valence-corrected chi connectivity index (χ1v) is 7.93. The number of nitrogens with two attached hydrogens (primary N) is 1. The van der Waals surface area contributed by atoms with Gasteiger partial charge in [0.2, 0.25) is 0 Å². The number of rotatable bonds is 8. The number of aryl methyl sites for hydroxylation is 1. The van der Waals surface area contributed by atoms with E-state index in [0.29, 0.717) is 12.3 Å². The van der Waals surface area contributed by atoms with E-state index in [1.165, 1.54) is 11.1 Å². The lowest BCUT2D eigenvalue weighted by Crippen LogP contribution is -2.43. The fourth-order valence-electron chi connectivity index (χ4n) is 2.85. The van der Waals surface area contributed by atoms with Crippen molar-refractivity contribution in [2.75, 3.05) is 13.1 Å². The normalized spacial score (nSPS) is 14.2. The second kappa shape index (κ2) is 8.81. The van der Waals surface area contributed by atoms with Crippen molar-refractivity contribution in [3.05, 3.63) is 35.4 Å². The maximum Gasteiger partial charge on any atom is 0.0635 e. The summed E-state index contributed by atoms with van der Waals surface area (Å²) >= 11 is 0. The largest absolute Gasteiger partial charge is 0.326 e. The number of hydrogen-bond donors (Lipinski definition) is 1. The van der Waals surface area contributed by atoms with E-state index in [1.54, 1.807) is 0 Å². The van der Waals surface area contributed by atoms with E-state index in [9.17, 15) is 0 Å². The lowest BCUT2D eigenvalue weighted by Gasteiger charge is -2.37. The van der Waals surface area contributed by atoms with E-state index >= 15 is 0 Å². The highest BCUT2D eigenvalue weighted by atomic mass is 15.2. The Hall–Kier alpha value is -1.37. The zero-order valence-electron chi connectivity index (χ0n) is 13.8. The Kier molecular flexibility index (Phi) is 7.42. The maximum absolute atomic E-state index is 8.94. The monoisotopic (exact) mass is 287 g/mol. The van der Waals surface area contributed by atoms with Crippen LogP contribution in [-0.4, -0.2) is 24.0 Å². The Morgan fingerprint density at radius 2 is 1.95 bits per heavy atom. The third-order valence-corrected chi connectivity index (χ3v) is 3.89. The molecule has 0 aromatic heterocycles. The quantitative estimate of drug-likeness (QED) is 0.794. The molecule has 0 aliphatic carbocycles. The zero-order valence-corrected chi connectivity index (χ0v) is 13.8. The molecule has 0 fully saturated rings. The van der Waals surface area contributed by atoms with Gasteiger partial charge in [-0.1, -0.05) is 45.0 Å². The van der Waals surface area contributed by atoms with Crippen molar-refractivity contribution >= 4 is 0 Å². The molecule has 3 heteroatoms. The summed E-state index contributed by atoms with van der Waals surface area (Å²) in [7, 11) is 0. The van der Waals surface area contributed by atoms with Gasteiger partial charge in [-0.25, -0.2) is 0 Å². The standard InChI is InChI=1S/C18H29N3/c1-5-17(20)18(16-10-7-6-9-15(16)4)21(12-8-11-19)13-14(2)3/h6-7,9-10,14,17-18H,5,8,12-13,20H2,1-4H3. The lowest BCUT2D eigenvalue weighted by molar-refractivity contribution is 0.153. The van der Waals surface area contributed by atoms with Crippen LogP contribution in [0.5, 0.6) is 0 Å². The molecular weight excluding hydrogens is 258 g/mol. The van der Waals surface area contributed by atoms with Gasteiger partial charge in [-0.2, -0.15) is 5.26 Å². The van der Waals surface area contributed by atoms with Gasteiger partial charge in [0.1, 0.15) is 0 Å². The predicted octanol–water partition coefficient (Wildman–Crippen LogP) is 3.65. The van der Waals surface area contributed by atoms with Crippen LogP contribution in [0.3, 0.4) is 0 Å². The molecule has 1 aromatic rings. The average Bonchev–Trinajstić information content (AvgIpc) is 2.45. The van der Waals surface area contributed by atoms with Crippen molar-refractivity contribution in [2.24, 2.45) is 11.7 Å². The van der Waals surface area contributed by atoms with Gasteiger partial charge in [-0.3, -0.25) is 4.90 Å². The molecule has 1 rings (SSSR count). The van der Waals surface area contributed by atoms with Crippen LogP contribution in [0.15, 0.2) is 24.3 Å². The molecule has 0 amide bonds. The SMILES string of the molecule is CCC(N)C(c1ccccc1C)N(CCC#N)CC(C)C. The van der Waals surface area contributed by atoms with Crippen molar-refractivity contribution in [2.45, 2.75) is 52.6 Å². The molecule has 0 aliphatic heterocycles. The summed E-state index contributed by atoms with van der Waals surface area (Å²) in [6, 6.07) is 11.0. The minimum absolute atomic E-state index is 0.0866. The van der Waals surface area contributed by atoms with Crippen LogP contribution in [0.4, 0.5) is 0 Å². The number of hydrogen-bond acceptors (Lipinski definition) is 3. The van der Waals surface area contributed by atoms with Gasteiger partial charge < -0.3 is 5.73 Å². The Labute approximate surface area is 129 Å². The second-order valence-corrected chi connectivity index (χ2v) is 6.17. The summed E-state index contributed by atoms with van der Waals surface area (Å²) in [5.74, 6) is 0.555. The molecular formula is C18H29N3. The molecule has 0 radical (unpaired) electrons. The van der Waals surface area contributed by atoms with E-state index < -0.39 is 0 Å². The van der Waals surface area contributed by atoms with Crippen LogP contribution >= 0.6 is 0 Å². The van der Waals surface area contributed by atoms with E-state index in [-0.39, 0.29) is 12.1 Å². The van der Waals surface area contributed by atoms with Gasteiger partial charge in [0.25, 0.3) is 0 Å². The first-order chi connectivity index (χ1) is 10.0. The zero-order chi connectivity index (χ0) is 15.8. The summed E-state index contributed by atoms with van der Waals surface area (Å²) in [5, 5.41) is 8.94. The van der Waals surface area contributed by atoms with Crippen molar-refractivity contribution in [3.8, 4) is 6.07 Å². The van der Waals surface area contributed by atoms with Crippen molar-refractivity contribution < 1.29 is 0 Å². The van der Waals surface area contributed by atoms with E-state index in [1.807, 2.05) is 0 Å². The number of nitriles is 1. The highest BCUT2D eigenvalue weighted by Gasteiger charge is 2.27. The Bertz CT molecular complexity index is 462. The molecule has 2 atom stereocenters. The molecule has 1 aromatic carbocycles. The first-order valence-electron chi connectivity index (χ1n) is 7.93. The van der Waals surface area contributed by atoms with Gasteiger partial charge >= 0.3 is 0 Å². The molecule has 21 heavy (non-hydrogen) atoms. The van der Waals surface area contributed by atoms with Crippen LogP contribution in [0, 0.1) is 24.2 Å². The van der Waals surface area contributed by atoms with Crippen molar-refractivity contribution in [3.63, 3.8) is 0 Å². The Morgan fingerprint density at radius 1 is 1.29 bits per heavy atom. The molecule has 2 N–H and O–H groups in total. The number of benzene rings is 1. The number of nitrogens with zero attached hydrogens (tertiary/aromatic N) is 2. The topological polar surface area (TPSA) is 53.0 Å². The predicted molar refractivity (Wildman–Crippen MR) is 88.8 cm³/mol. The van der Waals surface area contributed by atoms with Crippen LogP contribution < -0.4 is 5.73 Å². The lowest BCUT2D eigenvalue weighted by atomic mass is 9.92. The summed E-state index contributed by atoms with van der Waals surface area (Å²) < 4.78 is 0. The fraction of sp³-hybridized carbons (Fsp3) is 0.611. The molecule has 116 valence electrons. The third-order valence-electron chi connectivity index (χ3n) is 3.89. The van der Waals surface area contributed by atoms with Gasteiger partial charge in [0, 0.05) is 25.6 Å². The first kappa shape index (κ1) is 17.7. The summed E-state index contributed by atoms with van der Waals surface area (Å²) in [6.07, 6.45) is 1.48. The van der Waals surface area contributed by atoms with Gasteiger partial charge in [0.05, 0.1) is 12.1 Å². The molecule has 0 aliphatic rings. The van der Waals surface area contributed by atoms with Crippen molar-refractivity contribution in [1.82, 2.24) is 4.90 Å². The van der Waals surface area contributed by atoms with E-state index in [2.05, 4.69) is 62.9 Å². The Balaban J connectivity index is 3.13. The van der Waals surface area contributed by atoms with Gasteiger partial charge in [-0.15, -0.1) is 0 Å². The molecule has 0 saturated carbocycles. The summed E-state index contributed by atoms with van der Waals surface area (Å²) in [5.41, 5.74) is 9.01. The highest BCUT2D eigenvalue weighted by Crippen LogP contribution is 2.28. The van der Waals surface area contributed by atoms with Gasteiger partial charge in [-0.05, 0) is 30.4 Å². The van der Waals surface area contributed by atoms with E-state index in [4.69, 9.17) is 11.0 Å². The highest BCUT2D eigenvalue weighted by molar-refractivity contribution is 5.30. The maximum atomic E-state index is 8.94. The molecule has 2 unspecified atom stereocenters. The van der Waals surface area contributed by atoms with Crippen molar-refractivity contribution in [1.29, 1.82) is 5.26 Å². The van der Waals surface area contributed by atoms with Crippen LogP contribution in [0.25, 0.3) is 0 Å². The third kappa shape index (κ3) is 5.15. The molecule has 0 spiro atoms. The van der Waals surface area contributed by atoms with Crippen LogP contribution in [0.1, 0.15) is 50.8 Å². The van der Waals surface area contributed by atoms with E-state index in [0.717, 1.165) is 19.5 Å². The average molecular weight is 287 g/mol. The van der Waals surface area contributed by atoms with Crippen LogP contribution in [-0.2, 0) is 0 Å². The molecule has 0 bridgehead atoms. The Morgan fingerprint density at radius 3 is 2.48 bits per heavy atom. The molecule has 0 saturated heterocycles. The molecule has 0 heterocycles. The van der Waals surface area contributed by atoms with Crippen LogP contribution in [0.2, 0.25) is 0 Å². The minimum Gasteiger partial charge on any atom is -0.326 e. The second-order valence-electron chi connectivity index (χ2n) is 6.17.